The first-order chi connectivity index (χ1) is 13.8. The van der Waals surface area contributed by atoms with Gasteiger partial charge < -0.3 is 15.2 Å². The fourth-order valence-corrected chi connectivity index (χ4v) is 2.94. The maximum absolute atomic E-state index is 14.6. The molecular weight excluding hydrogens is 404 g/mol. The number of hydrogen-bond acceptors (Lipinski definition) is 3. The Hall–Kier alpha value is -3.45. The molecule has 3 aromatic carbocycles. The number of benzene rings is 3. The van der Waals surface area contributed by atoms with Crippen LogP contribution in [-0.4, -0.2) is 24.1 Å². The first kappa shape index (κ1) is 20.3. The van der Waals surface area contributed by atoms with E-state index in [4.69, 9.17) is 21.4 Å². The van der Waals surface area contributed by atoms with Crippen LogP contribution in [0.3, 0.4) is 0 Å². The van der Waals surface area contributed by atoms with Gasteiger partial charge in [0.05, 0.1) is 23.3 Å². The number of carboxylic acid groups (broad SMARTS) is 1. The number of carbonyl (C=O) groups excluding carboxylic acids is 1. The molecule has 0 unspecified atom stereocenters. The van der Waals surface area contributed by atoms with E-state index in [1.165, 1.54) is 43.5 Å². The van der Waals surface area contributed by atoms with Gasteiger partial charge in [-0.1, -0.05) is 29.8 Å². The van der Waals surface area contributed by atoms with Gasteiger partial charge in [0.25, 0.3) is 5.91 Å². The van der Waals surface area contributed by atoms with Gasteiger partial charge in [0.1, 0.15) is 23.1 Å². The molecule has 0 spiro atoms. The molecule has 5 nitrogen and oxygen atoms in total. The van der Waals surface area contributed by atoms with Gasteiger partial charge in [0.2, 0.25) is 0 Å². The molecule has 1 amide bonds. The smallest absolute Gasteiger partial charge is 0.336 e. The summed E-state index contributed by atoms with van der Waals surface area (Å²) in [5.74, 6) is -3.97. The molecule has 2 N–H and O–H groups in total. The van der Waals surface area contributed by atoms with E-state index in [9.17, 15) is 18.4 Å². The summed E-state index contributed by atoms with van der Waals surface area (Å²) in [5, 5.41) is 11.6. The molecular formula is C21H14ClF2NO4. The third-order valence-corrected chi connectivity index (χ3v) is 4.48. The first-order valence-corrected chi connectivity index (χ1v) is 8.66. The fourth-order valence-electron chi connectivity index (χ4n) is 2.75. The highest BCUT2D eigenvalue weighted by atomic mass is 35.5. The zero-order valence-electron chi connectivity index (χ0n) is 15.0. The summed E-state index contributed by atoms with van der Waals surface area (Å²) in [5.41, 5.74) is -0.516. The molecule has 0 atom stereocenters. The summed E-state index contributed by atoms with van der Waals surface area (Å²) < 4.78 is 34.2. The second-order valence-corrected chi connectivity index (χ2v) is 6.38. The third-order valence-electron chi connectivity index (χ3n) is 4.17. The zero-order valence-corrected chi connectivity index (χ0v) is 15.8. The molecule has 0 aliphatic rings. The van der Waals surface area contributed by atoms with Gasteiger partial charge in [-0.3, -0.25) is 4.79 Å². The van der Waals surface area contributed by atoms with Gasteiger partial charge in [-0.15, -0.1) is 0 Å². The van der Waals surface area contributed by atoms with Gasteiger partial charge in [-0.25, -0.2) is 13.6 Å². The SMILES string of the molecule is COc1cc(-c2cc(F)c(NC(=O)c3ccccc3C(=O)O)c(F)c2)ccc1Cl. The molecule has 0 radical (unpaired) electrons. The second kappa shape index (κ2) is 8.28. The Bertz CT molecular complexity index is 1090. The topological polar surface area (TPSA) is 75.6 Å². The summed E-state index contributed by atoms with van der Waals surface area (Å²) in [6.45, 7) is 0. The minimum absolute atomic E-state index is 0.207. The van der Waals surface area contributed by atoms with E-state index in [-0.39, 0.29) is 16.7 Å². The summed E-state index contributed by atoms with van der Waals surface area (Å²) >= 11 is 5.96. The van der Waals surface area contributed by atoms with Gasteiger partial charge in [-0.05, 0) is 47.5 Å². The normalized spacial score (nSPS) is 10.5. The van der Waals surface area contributed by atoms with Crippen LogP contribution < -0.4 is 10.1 Å². The van der Waals surface area contributed by atoms with E-state index in [1.54, 1.807) is 6.07 Å². The van der Waals surface area contributed by atoms with Crippen molar-refractivity contribution in [3.63, 3.8) is 0 Å². The van der Waals surface area contributed by atoms with Crippen molar-refractivity contribution >= 4 is 29.2 Å². The van der Waals surface area contributed by atoms with Crippen molar-refractivity contribution in [1.29, 1.82) is 0 Å². The highest BCUT2D eigenvalue weighted by Gasteiger charge is 2.20. The van der Waals surface area contributed by atoms with Crippen molar-refractivity contribution in [2.75, 3.05) is 12.4 Å². The average molecular weight is 418 g/mol. The highest BCUT2D eigenvalue weighted by Crippen LogP contribution is 2.33. The van der Waals surface area contributed by atoms with E-state index in [1.807, 2.05) is 0 Å². The molecule has 0 aliphatic heterocycles. The molecule has 0 heterocycles. The molecule has 3 rings (SSSR count). The number of hydrogen-bond donors (Lipinski definition) is 2. The second-order valence-electron chi connectivity index (χ2n) is 5.97. The molecule has 3 aromatic rings. The molecule has 0 aliphatic carbocycles. The van der Waals surface area contributed by atoms with Crippen molar-refractivity contribution in [2.24, 2.45) is 0 Å². The number of rotatable bonds is 5. The number of carboxylic acids is 1. The Morgan fingerprint density at radius 3 is 2.17 bits per heavy atom. The van der Waals surface area contributed by atoms with Crippen LogP contribution in [0.1, 0.15) is 20.7 Å². The van der Waals surface area contributed by atoms with E-state index in [2.05, 4.69) is 5.32 Å². The van der Waals surface area contributed by atoms with Crippen LogP contribution in [0.25, 0.3) is 11.1 Å². The zero-order chi connectivity index (χ0) is 21.1. The molecule has 0 saturated heterocycles. The standard InChI is InChI=1S/C21H14ClF2NO4/c1-29-18-10-11(6-7-15(18)22)12-8-16(23)19(17(24)9-12)25-20(26)13-4-2-3-5-14(13)21(27)28/h2-10H,1H3,(H,25,26)(H,27,28). The molecule has 0 saturated carbocycles. The lowest BCUT2D eigenvalue weighted by Gasteiger charge is -2.12. The third kappa shape index (κ3) is 4.20. The largest absolute Gasteiger partial charge is 0.495 e. The van der Waals surface area contributed by atoms with Gasteiger partial charge in [-0.2, -0.15) is 0 Å². The maximum Gasteiger partial charge on any atom is 0.336 e. The van der Waals surface area contributed by atoms with Crippen LogP contribution in [0.2, 0.25) is 5.02 Å². The number of anilines is 1. The molecule has 0 bridgehead atoms. The minimum Gasteiger partial charge on any atom is -0.495 e. The van der Waals surface area contributed by atoms with Gasteiger partial charge in [0.15, 0.2) is 0 Å². The predicted octanol–water partition coefficient (Wildman–Crippen LogP) is 5.24. The number of aromatic carboxylic acids is 1. The molecule has 29 heavy (non-hydrogen) atoms. The predicted molar refractivity (Wildman–Crippen MR) is 105 cm³/mol. The molecule has 0 fully saturated rings. The Kier molecular flexibility index (Phi) is 5.79. The lowest BCUT2D eigenvalue weighted by molar-refractivity contribution is 0.0692. The lowest BCUT2D eigenvalue weighted by atomic mass is 10.0. The van der Waals surface area contributed by atoms with E-state index in [0.717, 1.165) is 12.1 Å². The Morgan fingerprint density at radius 2 is 1.59 bits per heavy atom. The molecule has 8 heteroatoms. The number of carbonyl (C=O) groups is 2. The summed E-state index contributed by atoms with van der Waals surface area (Å²) in [6, 6.07) is 12.1. The monoisotopic (exact) mass is 417 g/mol. The number of amides is 1. The molecule has 0 aromatic heterocycles. The van der Waals surface area contributed by atoms with Crippen molar-refractivity contribution in [2.45, 2.75) is 0 Å². The minimum atomic E-state index is -1.33. The van der Waals surface area contributed by atoms with Crippen LogP contribution >= 0.6 is 11.6 Å². The van der Waals surface area contributed by atoms with E-state index >= 15 is 0 Å². The number of halogens is 3. The van der Waals surface area contributed by atoms with Crippen LogP contribution in [0.5, 0.6) is 5.75 Å². The first-order valence-electron chi connectivity index (χ1n) is 8.28. The number of methoxy groups -OCH3 is 1. The van der Waals surface area contributed by atoms with Gasteiger partial charge in [0, 0.05) is 0 Å². The van der Waals surface area contributed by atoms with Crippen molar-refractivity contribution < 1.29 is 28.2 Å². The maximum atomic E-state index is 14.6. The number of ether oxygens (including phenoxy) is 1. The Morgan fingerprint density at radius 1 is 0.966 bits per heavy atom. The van der Waals surface area contributed by atoms with Crippen LogP contribution in [0.4, 0.5) is 14.5 Å². The molecule has 148 valence electrons. The quantitative estimate of drug-likeness (QED) is 0.595. The van der Waals surface area contributed by atoms with Crippen molar-refractivity contribution in [3.05, 3.63) is 82.4 Å². The Balaban J connectivity index is 1.95. The lowest BCUT2D eigenvalue weighted by Crippen LogP contribution is -2.18. The summed E-state index contributed by atoms with van der Waals surface area (Å²) in [4.78, 5) is 23.6. The summed E-state index contributed by atoms with van der Waals surface area (Å²) in [7, 11) is 1.42. The average Bonchev–Trinajstić information content (AvgIpc) is 2.70. The van der Waals surface area contributed by atoms with Crippen LogP contribution in [-0.2, 0) is 0 Å². The van der Waals surface area contributed by atoms with E-state index in [0.29, 0.717) is 16.3 Å². The highest BCUT2D eigenvalue weighted by molar-refractivity contribution is 6.32. The van der Waals surface area contributed by atoms with Crippen molar-refractivity contribution in [3.8, 4) is 16.9 Å². The van der Waals surface area contributed by atoms with Gasteiger partial charge >= 0.3 is 5.97 Å². The Labute approximate surface area is 169 Å². The van der Waals surface area contributed by atoms with Crippen LogP contribution in [0, 0.1) is 11.6 Å². The fraction of sp³-hybridized carbons (Fsp3) is 0.0476. The van der Waals surface area contributed by atoms with E-state index < -0.39 is 29.2 Å². The summed E-state index contributed by atoms with van der Waals surface area (Å²) in [6.07, 6.45) is 0. The van der Waals surface area contributed by atoms with Crippen LogP contribution in [0.15, 0.2) is 54.6 Å². The number of nitrogens with one attached hydrogen (secondary N) is 1. The van der Waals surface area contributed by atoms with Crippen molar-refractivity contribution in [1.82, 2.24) is 0 Å².